The Morgan fingerprint density at radius 2 is 2.00 bits per heavy atom. The van der Waals surface area contributed by atoms with Gasteiger partial charge in [-0.2, -0.15) is 0 Å². The summed E-state index contributed by atoms with van der Waals surface area (Å²) in [6, 6.07) is 7.64. The first-order chi connectivity index (χ1) is 6.72. The third-order valence-electron chi connectivity index (χ3n) is 2.62. The standard InChI is InChI=1S/C9H5O4P/c10-14-11-8-5-6-3-1-2-4-7(6)9(8,12-14)13-14/h1-5H. The molecule has 0 amide bonds. The predicted molar refractivity (Wildman–Crippen MR) is 47.0 cm³/mol. The monoisotopic (exact) mass is 208 g/mol. The van der Waals surface area contributed by atoms with Gasteiger partial charge in [0.1, 0.15) is 0 Å². The largest absolute Gasteiger partial charge is 0.536 e. The molecule has 5 heteroatoms. The molecule has 3 saturated heterocycles. The highest BCUT2D eigenvalue weighted by Crippen LogP contribution is 2.81. The fourth-order valence-electron chi connectivity index (χ4n) is 2.05. The third kappa shape index (κ3) is 0.582. The van der Waals surface area contributed by atoms with Crippen molar-refractivity contribution >= 4 is 13.9 Å². The quantitative estimate of drug-likeness (QED) is 0.614. The van der Waals surface area contributed by atoms with Gasteiger partial charge in [0.15, 0.2) is 5.76 Å². The normalized spacial score (nSPS) is 40.7. The zero-order chi connectivity index (χ0) is 9.39. The molecule has 14 heavy (non-hydrogen) atoms. The summed E-state index contributed by atoms with van der Waals surface area (Å²) in [6.45, 7) is 0. The number of rotatable bonds is 0. The van der Waals surface area contributed by atoms with Crippen LogP contribution in [0.15, 0.2) is 30.0 Å². The molecule has 70 valence electrons. The lowest BCUT2D eigenvalue weighted by atomic mass is 10.1. The molecule has 1 aromatic rings. The van der Waals surface area contributed by atoms with Crippen LogP contribution in [0, 0.1) is 0 Å². The number of hydrogen-bond acceptors (Lipinski definition) is 4. The fourth-order valence-corrected chi connectivity index (χ4v) is 3.55. The van der Waals surface area contributed by atoms with Crippen LogP contribution in [-0.4, -0.2) is 0 Å². The summed E-state index contributed by atoms with van der Waals surface area (Å²) in [4.78, 5) is 0. The Hall–Kier alpha value is -1.09. The summed E-state index contributed by atoms with van der Waals surface area (Å²) >= 11 is 0. The molecular weight excluding hydrogens is 203 g/mol. The lowest BCUT2D eigenvalue weighted by Gasteiger charge is -2.31. The third-order valence-corrected chi connectivity index (χ3v) is 4.00. The van der Waals surface area contributed by atoms with Gasteiger partial charge in [0, 0.05) is 5.56 Å². The molecule has 3 heterocycles. The van der Waals surface area contributed by atoms with Gasteiger partial charge in [0.25, 0.3) is 5.79 Å². The van der Waals surface area contributed by atoms with Crippen LogP contribution < -0.4 is 0 Å². The molecule has 2 bridgehead atoms. The van der Waals surface area contributed by atoms with Crippen LogP contribution in [0.3, 0.4) is 0 Å². The Labute approximate surface area is 79.7 Å². The van der Waals surface area contributed by atoms with E-state index in [1.165, 1.54) is 0 Å². The number of hydrogen-bond donors (Lipinski definition) is 0. The average Bonchev–Trinajstić information content (AvgIpc) is 2.62. The van der Waals surface area contributed by atoms with Crippen LogP contribution in [0.1, 0.15) is 11.1 Å². The lowest BCUT2D eigenvalue weighted by Crippen LogP contribution is -2.32. The van der Waals surface area contributed by atoms with Gasteiger partial charge >= 0.3 is 7.82 Å². The Morgan fingerprint density at radius 1 is 1.21 bits per heavy atom. The Kier molecular flexibility index (Phi) is 0.940. The molecule has 0 unspecified atom stereocenters. The molecule has 1 aromatic carbocycles. The van der Waals surface area contributed by atoms with Crippen molar-refractivity contribution < 1.29 is 18.1 Å². The Bertz CT molecular complexity index is 523. The fraction of sp³-hybridized carbons (Fsp3) is 0.111. The summed E-state index contributed by atoms with van der Waals surface area (Å²) in [5.74, 6) is -0.464. The molecule has 5 rings (SSSR count). The van der Waals surface area contributed by atoms with Gasteiger partial charge in [-0.1, -0.05) is 24.3 Å². The zero-order valence-corrected chi connectivity index (χ0v) is 7.86. The minimum atomic E-state index is -3.21. The molecule has 4 aliphatic rings. The first-order valence-corrected chi connectivity index (χ1v) is 5.71. The molecule has 3 aliphatic heterocycles. The van der Waals surface area contributed by atoms with E-state index in [2.05, 4.69) is 0 Å². The van der Waals surface area contributed by atoms with Gasteiger partial charge in [-0.3, -0.25) is 0 Å². The van der Waals surface area contributed by atoms with Gasteiger partial charge in [-0.25, -0.2) is 13.6 Å². The van der Waals surface area contributed by atoms with Gasteiger partial charge in [0.2, 0.25) is 0 Å². The van der Waals surface area contributed by atoms with E-state index in [9.17, 15) is 4.57 Å². The number of benzene rings is 1. The van der Waals surface area contributed by atoms with Crippen LogP contribution in [0.5, 0.6) is 0 Å². The van der Waals surface area contributed by atoms with Crippen molar-refractivity contribution in [2.24, 2.45) is 0 Å². The van der Waals surface area contributed by atoms with Crippen molar-refractivity contribution in [2.45, 2.75) is 5.79 Å². The number of fused-ring (bicyclic) bond motifs is 1. The van der Waals surface area contributed by atoms with Crippen molar-refractivity contribution in [2.75, 3.05) is 0 Å². The zero-order valence-electron chi connectivity index (χ0n) is 6.97. The number of phosphoric ester groups is 1. The highest BCUT2D eigenvalue weighted by atomic mass is 31.2. The summed E-state index contributed by atoms with van der Waals surface area (Å²) in [6.07, 6.45) is 1.81. The van der Waals surface area contributed by atoms with Crippen LogP contribution in [0.4, 0.5) is 0 Å². The van der Waals surface area contributed by atoms with Crippen LogP contribution in [0.2, 0.25) is 0 Å². The SMILES string of the molecule is O=P12OC3=Cc4ccccc4C3(O1)O2. The van der Waals surface area contributed by atoms with Crippen molar-refractivity contribution in [3.05, 3.63) is 41.2 Å². The predicted octanol–water partition coefficient (Wildman–Crippen LogP) is 2.38. The summed E-state index contributed by atoms with van der Waals surface area (Å²) < 4.78 is 26.9. The van der Waals surface area contributed by atoms with Crippen LogP contribution >= 0.6 is 7.82 Å². The summed E-state index contributed by atoms with van der Waals surface area (Å²) in [7, 11) is -3.21. The Balaban J connectivity index is 2.03. The molecule has 1 aliphatic carbocycles. The van der Waals surface area contributed by atoms with Gasteiger partial charge < -0.3 is 4.52 Å². The lowest BCUT2D eigenvalue weighted by molar-refractivity contribution is -0.154. The first kappa shape index (κ1) is 7.23. The maximum Gasteiger partial charge on any atom is 0.536 e. The smallest absolute Gasteiger partial charge is 0.402 e. The molecule has 0 N–H and O–H groups in total. The van der Waals surface area contributed by atoms with Crippen molar-refractivity contribution in [1.29, 1.82) is 0 Å². The topological polar surface area (TPSA) is 44.8 Å². The van der Waals surface area contributed by atoms with E-state index in [1.807, 2.05) is 30.3 Å². The molecule has 0 aromatic heterocycles. The summed E-state index contributed by atoms with van der Waals surface area (Å²) in [5, 5.41) is 0. The van der Waals surface area contributed by atoms with E-state index < -0.39 is 13.6 Å². The van der Waals surface area contributed by atoms with Crippen molar-refractivity contribution in [3.8, 4) is 0 Å². The van der Waals surface area contributed by atoms with Gasteiger partial charge in [0.05, 0.1) is 0 Å². The minimum Gasteiger partial charge on any atom is -0.402 e. The molecule has 0 radical (unpaired) electrons. The molecular formula is C9H5O4P. The van der Waals surface area contributed by atoms with E-state index in [-0.39, 0.29) is 0 Å². The van der Waals surface area contributed by atoms with Gasteiger partial charge in [-0.05, 0) is 11.6 Å². The molecule has 3 fully saturated rings. The maximum absolute atomic E-state index is 11.4. The van der Waals surface area contributed by atoms with Crippen molar-refractivity contribution in [3.63, 3.8) is 0 Å². The van der Waals surface area contributed by atoms with Crippen LogP contribution in [-0.2, 0) is 23.9 Å². The minimum absolute atomic E-state index is 0.516. The maximum atomic E-state index is 11.4. The Morgan fingerprint density at radius 3 is 2.86 bits per heavy atom. The summed E-state index contributed by atoms with van der Waals surface area (Å²) in [5.41, 5.74) is 1.87. The second-order valence-corrected chi connectivity index (χ2v) is 4.88. The highest BCUT2D eigenvalue weighted by Gasteiger charge is 2.73. The van der Waals surface area contributed by atoms with Crippen molar-refractivity contribution in [1.82, 2.24) is 0 Å². The van der Waals surface area contributed by atoms with E-state index in [1.54, 1.807) is 0 Å². The van der Waals surface area contributed by atoms with E-state index >= 15 is 0 Å². The highest BCUT2D eigenvalue weighted by molar-refractivity contribution is 7.50. The van der Waals surface area contributed by atoms with E-state index in [0.717, 1.165) is 11.1 Å². The second-order valence-electron chi connectivity index (χ2n) is 3.43. The van der Waals surface area contributed by atoms with E-state index in [0.29, 0.717) is 5.76 Å². The molecule has 4 nitrogen and oxygen atoms in total. The van der Waals surface area contributed by atoms with Gasteiger partial charge in [-0.15, -0.1) is 0 Å². The van der Waals surface area contributed by atoms with Crippen LogP contribution in [0.25, 0.3) is 6.08 Å². The second kappa shape index (κ2) is 1.82. The van der Waals surface area contributed by atoms with E-state index in [4.69, 9.17) is 13.6 Å². The molecule has 0 saturated carbocycles. The number of phosphoric acid groups is 1. The first-order valence-electron chi connectivity index (χ1n) is 4.25. The molecule has 0 atom stereocenters. The average molecular weight is 208 g/mol. The molecule has 1 spiro atoms.